The minimum Gasteiger partial charge on any atom is -0.457 e. The van der Waals surface area contributed by atoms with Crippen LogP contribution < -0.4 is 15.4 Å². The summed E-state index contributed by atoms with van der Waals surface area (Å²) in [6.45, 7) is 0.0511. The molecule has 134 valence electrons. The van der Waals surface area contributed by atoms with E-state index in [1.807, 2.05) is 48.5 Å². The van der Waals surface area contributed by atoms with E-state index >= 15 is 0 Å². The third-order valence-electron chi connectivity index (χ3n) is 4.17. The fourth-order valence-electron chi connectivity index (χ4n) is 2.90. The van der Waals surface area contributed by atoms with Gasteiger partial charge in [0, 0.05) is 11.1 Å². The number of carbonyl (C=O) groups is 3. The zero-order valence-corrected chi connectivity index (χ0v) is 14.1. The second-order valence-corrected chi connectivity index (χ2v) is 5.76. The lowest BCUT2D eigenvalue weighted by Crippen LogP contribution is -2.41. The number of ether oxygens (including phenoxy) is 2. The van der Waals surface area contributed by atoms with Crippen LogP contribution in [0.15, 0.2) is 48.5 Å². The normalized spacial score (nSPS) is 13.6. The molecule has 1 heterocycles. The molecule has 0 aromatic heterocycles. The summed E-state index contributed by atoms with van der Waals surface area (Å²) >= 11 is 0. The molecule has 1 aliphatic rings. The van der Waals surface area contributed by atoms with Crippen molar-refractivity contribution in [2.24, 2.45) is 0 Å². The number of para-hydroxylation sites is 2. The molecular weight excluding hydrogens is 336 g/mol. The molecule has 0 aliphatic carbocycles. The molecule has 26 heavy (non-hydrogen) atoms. The van der Waals surface area contributed by atoms with Crippen molar-refractivity contribution < 1.29 is 23.9 Å². The number of amides is 1. The van der Waals surface area contributed by atoms with E-state index in [1.54, 1.807) is 0 Å². The highest BCUT2D eigenvalue weighted by molar-refractivity contribution is 5.88. The fourth-order valence-corrected chi connectivity index (χ4v) is 2.90. The quantitative estimate of drug-likeness (QED) is 0.466. The summed E-state index contributed by atoms with van der Waals surface area (Å²) in [5.41, 5.74) is 1.66. The molecule has 1 atom stereocenters. The first-order valence-corrected chi connectivity index (χ1v) is 8.10. The number of rotatable bonds is 6. The smallest absolute Gasteiger partial charge is 0.331 e. The average molecular weight is 354 g/mol. The first kappa shape index (κ1) is 17.6. The minimum absolute atomic E-state index is 0.0511. The standard InChI is InChI=1S/C19H18N2O5/c1-20-14(19(24)25-11-22)10-17(23)21-18-12-6-2-4-8-15(12)26-16-9-5-3-7-13(16)18/h2-9,11,14,18,20H,10H2,1H3,(H,21,23). The van der Waals surface area contributed by atoms with Gasteiger partial charge in [0.05, 0.1) is 12.5 Å². The Bertz CT molecular complexity index is 791. The van der Waals surface area contributed by atoms with Crippen LogP contribution in [0, 0.1) is 0 Å². The van der Waals surface area contributed by atoms with Gasteiger partial charge in [-0.25, -0.2) is 4.79 Å². The Kier molecular flexibility index (Phi) is 5.28. The molecule has 0 fully saturated rings. The van der Waals surface area contributed by atoms with Crippen LogP contribution in [0.5, 0.6) is 11.5 Å². The van der Waals surface area contributed by atoms with Crippen LogP contribution in [0.3, 0.4) is 0 Å². The molecule has 0 saturated carbocycles. The molecule has 7 nitrogen and oxygen atoms in total. The molecular formula is C19H18N2O5. The molecule has 7 heteroatoms. The molecule has 0 spiro atoms. The molecule has 0 saturated heterocycles. The maximum absolute atomic E-state index is 12.5. The Morgan fingerprint density at radius 2 is 1.69 bits per heavy atom. The number of esters is 1. The number of benzene rings is 2. The zero-order valence-electron chi connectivity index (χ0n) is 14.1. The lowest BCUT2D eigenvalue weighted by molar-refractivity contribution is -0.154. The molecule has 1 unspecified atom stereocenters. The number of nitrogens with one attached hydrogen (secondary N) is 2. The van der Waals surface area contributed by atoms with Gasteiger partial charge in [-0.05, 0) is 19.2 Å². The second-order valence-electron chi connectivity index (χ2n) is 5.76. The van der Waals surface area contributed by atoms with Gasteiger partial charge in [0.25, 0.3) is 0 Å². The fraction of sp³-hybridized carbons (Fsp3) is 0.211. The van der Waals surface area contributed by atoms with Crippen molar-refractivity contribution in [1.29, 1.82) is 0 Å². The summed E-state index contributed by atoms with van der Waals surface area (Å²) in [4.78, 5) is 34.5. The summed E-state index contributed by atoms with van der Waals surface area (Å²) in [7, 11) is 1.52. The van der Waals surface area contributed by atoms with E-state index in [0.717, 1.165) is 11.1 Å². The largest absolute Gasteiger partial charge is 0.457 e. The van der Waals surface area contributed by atoms with Crippen LogP contribution in [-0.2, 0) is 19.1 Å². The van der Waals surface area contributed by atoms with Gasteiger partial charge < -0.3 is 20.1 Å². The number of likely N-dealkylation sites (N-methyl/N-ethyl adjacent to an activating group) is 1. The maximum atomic E-state index is 12.5. The summed E-state index contributed by atoms with van der Waals surface area (Å²) in [6.07, 6.45) is -0.162. The minimum atomic E-state index is -0.912. The number of carbonyl (C=O) groups excluding carboxylic acids is 3. The third-order valence-corrected chi connectivity index (χ3v) is 4.17. The third kappa shape index (κ3) is 3.57. The number of hydrogen-bond acceptors (Lipinski definition) is 6. The van der Waals surface area contributed by atoms with Gasteiger partial charge in [0.1, 0.15) is 17.5 Å². The molecule has 0 radical (unpaired) electrons. The summed E-state index contributed by atoms with van der Waals surface area (Å²) in [5, 5.41) is 5.61. The first-order valence-electron chi connectivity index (χ1n) is 8.10. The van der Waals surface area contributed by atoms with E-state index in [4.69, 9.17) is 4.74 Å². The van der Waals surface area contributed by atoms with Crippen LogP contribution in [0.25, 0.3) is 0 Å². The lowest BCUT2D eigenvalue weighted by atomic mass is 9.94. The van der Waals surface area contributed by atoms with Crippen LogP contribution in [-0.4, -0.2) is 31.4 Å². The molecule has 1 aliphatic heterocycles. The van der Waals surface area contributed by atoms with Crippen molar-refractivity contribution in [2.45, 2.75) is 18.5 Å². The lowest BCUT2D eigenvalue weighted by Gasteiger charge is -2.29. The topological polar surface area (TPSA) is 93.7 Å². The van der Waals surface area contributed by atoms with E-state index in [9.17, 15) is 14.4 Å². The second kappa shape index (κ2) is 7.79. The van der Waals surface area contributed by atoms with Crippen LogP contribution in [0.4, 0.5) is 0 Å². The molecule has 2 aromatic carbocycles. The molecule has 1 amide bonds. The van der Waals surface area contributed by atoms with Crippen LogP contribution >= 0.6 is 0 Å². The van der Waals surface area contributed by atoms with Gasteiger partial charge >= 0.3 is 12.4 Å². The van der Waals surface area contributed by atoms with E-state index < -0.39 is 18.1 Å². The van der Waals surface area contributed by atoms with Gasteiger partial charge in [-0.1, -0.05) is 36.4 Å². The Hall–Kier alpha value is -3.19. The monoisotopic (exact) mass is 354 g/mol. The van der Waals surface area contributed by atoms with Gasteiger partial charge in [-0.3, -0.25) is 9.59 Å². The van der Waals surface area contributed by atoms with Crippen molar-refractivity contribution in [2.75, 3.05) is 7.05 Å². The predicted molar refractivity (Wildman–Crippen MR) is 92.6 cm³/mol. The highest BCUT2D eigenvalue weighted by Crippen LogP contribution is 2.42. The summed E-state index contributed by atoms with van der Waals surface area (Å²) in [6, 6.07) is 13.6. The Labute approximate surface area is 150 Å². The van der Waals surface area contributed by atoms with E-state index in [0.29, 0.717) is 11.5 Å². The Balaban J connectivity index is 1.82. The van der Waals surface area contributed by atoms with E-state index in [2.05, 4.69) is 15.4 Å². The Morgan fingerprint density at radius 1 is 1.12 bits per heavy atom. The van der Waals surface area contributed by atoms with Crippen LogP contribution in [0.1, 0.15) is 23.6 Å². The van der Waals surface area contributed by atoms with Gasteiger partial charge in [-0.15, -0.1) is 0 Å². The summed E-state index contributed by atoms with van der Waals surface area (Å²) in [5.74, 6) is 0.179. The molecule has 0 bridgehead atoms. The SMILES string of the molecule is CNC(CC(=O)NC1c2ccccc2Oc2ccccc21)C(=O)OC=O. The van der Waals surface area contributed by atoms with Crippen molar-refractivity contribution in [3.63, 3.8) is 0 Å². The first-order chi connectivity index (χ1) is 12.6. The zero-order chi connectivity index (χ0) is 18.5. The van der Waals surface area contributed by atoms with Crippen molar-refractivity contribution in [3.05, 3.63) is 59.7 Å². The van der Waals surface area contributed by atoms with Gasteiger partial charge in [-0.2, -0.15) is 0 Å². The van der Waals surface area contributed by atoms with Crippen molar-refractivity contribution in [1.82, 2.24) is 10.6 Å². The molecule has 2 N–H and O–H groups in total. The highest BCUT2D eigenvalue weighted by Gasteiger charge is 2.29. The summed E-state index contributed by atoms with van der Waals surface area (Å²) < 4.78 is 10.2. The van der Waals surface area contributed by atoms with Gasteiger partial charge in [0.15, 0.2) is 0 Å². The predicted octanol–water partition coefficient (Wildman–Crippen LogP) is 1.68. The number of hydrogen-bond donors (Lipinski definition) is 2. The molecule has 3 rings (SSSR count). The average Bonchev–Trinajstić information content (AvgIpc) is 2.66. The van der Waals surface area contributed by atoms with E-state index in [-0.39, 0.29) is 18.8 Å². The highest BCUT2D eigenvalue weighted by atomic mass is 16.6. The van der Waals surface area contributed by atoms with Crippen molar-refractivity contribution in [3.8, 4) is 11.5 Å². The Morgan fingerprint density at radius 3 is 2.23 bits per heavy atom. The molecule has 2 aromatic rings. The van der Waals surface area contributed by atoms with Crippen LogP contribution in [0.2, 0.25) is 0 Å². The van der Waals surface area contributed by atoms with E-state index in [1.165, 1.54) is 7.05 Å². The number of fused-ring (bicyclic) bond motifs is 2. The maximum Gasteiger partial charge on any atom is 0.331 e. The van der Waals surface area contributed by atoms with Gasteiger partial charge in [0.2, 0.25) is 5.91 Å². The van der Waals surface area contributed by atoms with Crippen molar-refractivity contribution >= 4 is 18.3 Å².